The van der Waals surface area contributed by atoms with Gasteiger partial charge in [-0.05, 0) is 24.5 Å². The molecule has 0 aliphatic rings. The van der Waals surface area contributed by atoms with Gasteiger partial charge in [-0.3, -0.25) is 0 Å². The van der Waals surface area contributed by atoms with Crippen LogP contribution in [0.15, 0.2) is 12.3 Å². The number of hydrogen-bond donors (Lipinski definition) is 1. The van der Waals surface area contributed by atoms with E-state index in [9.17, 15) is 0 Å². The van der Waals surface area contributed by atoms with E-state index in [4.69, 9.17) is 5.73 Å². The number of anilines is 2. The molecule has 1 aromatic rings. The van der Waals surface area contributed by atoms with E-state index in [1.165, 1.54) is 0 Å². The predicted octanol–water partition coefficient (Wildman–Crippen LogP) is 2.06. The number of rotatable bonds is 3. The first-order valence-corrected chi connectivity index (χ1v) is 4.94. The average Bonchev–Trinajstić information content (AvgIpc) is 2.08. The van der Waals surface area contributed by atoms with E-state index in [1.54, 1.807) is 6.20 Å². The van der Waals surface area contributed by atoms with Crippen LogP contribution in [0.4, 0.5) is 11.5 Å². The molecule has 3 nitrogen and oxygen atoms in total. The summed E-state index contributed by atoms with van der Waals surface area (Å²) in [5.74, 6) is 1.50. The third-order valence-electron chi connectivity index (χ3n) is 2.19. The van der Waals surface area contributed by atoms with Crippen LogP contribution < -0.4 is 10.6 Å². The minimum absolute atomic E-state index is 0.613. The van der Waals surface area contributed by atoms with Crippen molar-refractivity contribution in [2.45, 2.75) is 20.8 Å². The maximum atomic E-state index is 5.96. The van der Waals surface area contributed by atoms with Gasteiger partial charge < -0.3 is 10.6 Å². The Balaban J connectivity index is 2.89. The molecule has 0 aliphatic carbocycles. The predicted molar refractivity (Wildman–Crippen MR) is 61.5 cm³/mol. The van der Waals surface area contributed by atoms with Crippen LogP contribution >= 0.6 is 0 Å². The zero-order chi connectivity index (χ0) is 10.7. The molecule has 3 heteroatoms. The zero-order valence-corrected chi connectivity index (χ0v) is 9.41. The molecule has 78 valence electrons. The molecule has 2 N–H and O–H groups in total. The van der Waals surface area contributed by atoms with Gasteiger partial charge in [0.2, 0.25) is 0 Å². The van der Waals surface area contributed by atoms with Gasteiger partial charge in [0, 0.05) is 19.8 Å². The summed E-state index contributed by atoms with van der Waals surface area (Å²) < 4.78 is 0. The summed E-state index contributed by atoms with van der Waals surface area (Å²) in [6.07, 6.45) is 1.80. The molecule has 0 aliphatic heterocycles. The van der Waals surface area contributed by atoms with Gasteiger partial charge in [0.05, 0.1) is 5.69 Å². The lowest BCUT2D eigenvalue weighted by Gasteiger charge is -2.22. The smallest absolute Gasteiger partial charge is 0.151 e. The summed E-state index contributed by atoms with van der Waals surface area (Å²) in [5.41, 5.74) is 7.83. The summed E-state index contributed by atoms with van der Waals surface area (Å²) >= 11 is 0. The molecule has 0 radical (unpaired) electrons. The summed E-state index contributed by atoms with van der Waals surface area (Å²) in [6, 6.07) is 1.93. The number of pyridine rings is 1. The van der Waals surface area contributed by atoms with Crippen molar-refractivity contribution in [1.82, 2.24) is 4.98 Å². The molecular weight excluding hydrogens is 174 g/mol. The second kappa shape index (κ2) is 4.31. The Morgan fingerprint density at radius 1 is 1.50 bits per heavy atom. The quantitative estimate of drug-likeness (QED) is 0.799. The summed E-state index contributed by atoms with van der Waals surface area (Å²) in [5, 5.41) is 0. The molecule has 1 heterocycles. The fraction of sp³-hybridized carbons (Fsp3) is 0.545. The standard InChI is InChI=1S/C11H19N3/c1-8(2)7-14(4)11-10(12)9(3)5-6-13-11/h5-6,8H,7,12H2,1-4H3. The minimum atomic E-state index is 0.613. The summed E-state index contributed by atoms with van der Waals surface area (Å²) in [7, 11) is 2.03. The molecular formula is C11H19N3. The highest BCUT2D eigenvalue weighted by Gasteiger charge is 2.09. The Labute approximate surface area is 85.9 Å². The molecule has 0 unspecified atom stereocenters. The maximum absolute atomic E-state index is 5.96. The lowest BCUT2D eigenvalue weighted by molar-refractivity contribution is 0.635. The molecule has 0 fully saturated rings. The van der Waals surface area contributed by atoms with E-state index in [0.29, 0.717) is 5.92 Å². The van der Waals surface area contributed by atoms with E-state index in [-0.39, 0.29) is 0 Å². The van der Waals surface area contributed by atoms with Crippen LogP contribution in [-0.4, -0.2) is 18.6 Å². The van der Waals surface area contributed by atoms with Crippen molar-refractivity contribution in [3.05, 3.63) is 17.8 Å². The Morgan fingerprint density at radius 3 is 2.71 bits per heavy atom. The van der Waals surface area contributed by atoms with Crippen molar-refractivity contribution >= 4 is 11.5 Å². The molecule has 0 saturated heterocycles. The molecule has 0 atom stereocenters. The van der Waals surface area contributed by atoms with E-state index < -0.39 is 0 Å². The molecule has 1 aromatic heterocycles. The zero-order valence-electron chi connectivity index (χ0n) is 9.41. The van der Waals surface area contributed by atoms with Crippen LogP contribution in [0, 0.1) is 12.8 Å². The Morgan fingerprint density at radius 2 is 2.14 bits per heavy atom. The maximum Gasteiger partial charge on any atom is 0.151 e. The number of aromatic nitrogens is 1. The first kappa shape index (κ1) is 10.8. The second-order valence-electron chi connectivity index (χ2n) is 4.14. The van der Waals surface area contributed by atoms with Crippen molar-refractivity contribution in [2.24, 2.45) is 5.92 Å². The number of nitrogen functional groups attached to an aromatic ring is 1. The van der Waals surface area contributed by atoms with Crippen LogP contribution in [0.25, 0.3) is 0 Å². The lowest BCUT2D eigenvalue weighted by atomic mass is 10.2. The third kappa shape index (κ3) is 2.37. The highest BCUT2D eigenvalue weighted by atomic mass is 15.2. The fourth-order valence-electron chi connectivity index (χ4n) is 1.49. The van der Waals surface area contributed by atoms with Gasteiger partial charge in [-0.2, -0.15) is 0 Å². The largest absolute Gasteiger partial charge is 0.396 e. The average molecular weight is 193 g/mol. The van der Waals surface area contributed by atoms with Crippen LogP contribution in [0.2, 0.25) is 0 Å². The first-order chi connectivity index (χ1) is 6.52. The van der Waals surface area contributed by atoms with Crippen molar-refractivity contribution < 1.29 is 0 Å². The molecule has 0 spiro atoms. The molecule has 0 aromatic carbocycles. The monoisotopic (exact) mass is 193 g/mol. The lowest BCUT2D eigenvalue weighted by Crippen LogP contribution is -2.24. The number of hydrogen-bond acceptors (Lipinski definition) is 3. The Hall–Kier alpha value is -1.25. The van der Waals surface area contributed by atoms with Gasteiger partial charge >= 0.3 is 0 Å². The van der Waals surface area contributed by atoms with E-state index in [0.717, 1.165) is 23.6 Å². The molecule has 0 amide bonds. The van der Waals surface area contributed by atoms with E-state index in [1.807, 2.05) is 20.0 Å². The van der Waals surface area contributed by atoms with Crippen molar-refractivity contribution in [3.63, 3.8) is 0 Å². The first-order valence-electron chi connectivity index (χ1n) is 4.94. The van der Waals surface area contributed by atoms with Gasteiger partial charge in [0.25, 0.3) is 0 Å². The van der Waals surface area contributed by atoms with Gasteiger partial charge in [-0.1, -0.05) is 13.8 Å². The number of nitrogens with zero attached hydrogens (tertiary/aromatic N) is 2. The summed E-state index contributed by atoms with van der Waals surface area (Å²) in [6.45, 7) is 7.34. The van der Waals surface area contributed by atoms with Crippen LogP contribution in [0.1, 0.15) is 19.4 Å². The van der Waals surface area contributed by atoms with Crippen molar-refractivity contribution in [2.75, 3.05) is 24.2 Å². The van der Waals surface area contributed by atoms with Gasteiger partial charge in [0.1, 0.15) is 0 Å². The molecule has 0 bridgehead atoms. The highest BCUT2D eigenvalue weighted by Crippen LogP contribution is 2.22. The van der Waals surface area contributed by atoms with Crippen LogP contribution in [-0.2, 0) is 0 Å². The van der Waals surface area contributed by atoms with Crippen molar-refractivity contribution in [3.8, 4) is 0 Å². The van der Waals surface area contributed by atoms with Gasteiger partial charge in [-0.25, -0.2) is 4.98 Å². The van der Waals surface area contributed by atoms with Crippen LogP contribution in [0.5, 0.6) is 0 Å². The second-order valence-corrected chi connectivity index (χ2v) is 4.14. The van der Waals surface area contributed by atoms with Crippen molar-refractivity contribution in [1.29, 1.82) is 0 Å². The highest BCUT2D eigenvalue weighted by molar-refractivity contribution is 5.65. The Kier molecular flexibility index (Phi) is 3.33. The van der Waals surface area contributed by atoms with Gasteiger partial charge in [0.15, 0.2) is 5.82 Å². The van der Waals surface area contributed by atoms with Crippen LogP contribution in [0.3, 0.4) is 0 Å². The minimum Gasteiger partial charge on any atom is -0.396 e. The van der Waals surface area contributed by atoms with Gasteiger partial charge in [-0.15, -0.1) is 0 Å². The Bertz CT molecular complexity index is 307. The number of nitrogens with two attached hydrogens (primary N) is 1. The number of aryl methyl sites for hydroxylation is 1. The normalized spacial score (nSPS) is 10.6. The molecule has 0 saturated carbocycles. The molecule has 1 rings (SSSR count). The third-order valence-corrected chi connectivity index (χ3v) is 2.19. The van der Waals surface area contributed by atoms with E-state index >= 15 is 0 Å². The fourth-order valence-corrected chi connectivity index (χ4v) is 1.49. The summed E-state index contributed by atoms with van der Waals surface area (Å²) in [4.78, 5) is 6.40. The topological polar surface area (TPSA) is 42.2 Å². The molecule has 14 heavy (non-hydrogen) atoms. The SMILES string of the molecule is Cc1ccnc(N(C)CC(C)C)c1N. The van der Waals surface area contributed by atoms with E-state index in [2.05, 4.69) is 23.7 Å².